The van der Waals surface area contributed by atoms with Crippen LogP contribution in [0.25, 0.3) is 0 Å². The maximum Gasteiger partial charge on any atom is 0.251 e. The zero-order valence-electron chi connectivity index (χ0n) is 16.8. The van der Waals surface area contributed by atoms with Gasteiger partial charge in [0.25, 0.3) is 5.91 Å². The molecule has 0 spiro atoms. The Morgan fingerprint density at radius 3 is 2.41 bits per heavy atom. The third-order valence-electron chi connectivity index (χ3n) is 4.61. The van der Waals surface area contributed by atoms with E-state index in [0.717, 1.165) is 12.0 Å². The van der Waals surface area contributed by atoms with Crippen LogP contribution in [-0.4, -0.2) is 31.1 Å². The van der Waals surface area contributed by atoms with Gasteiger partial charge in [-0.1, -0.05) is 43.1 Å². The number of hydrogen-bond acceptors (Lipinski definition) is 4. The fraction of sp³-hybridized carbons (Fsp3) is 0.364. The summed E-state index contributed by atoms with van der Waals surface area (Å²) in [5, 5.41) is 5.97. The van der Waals surface area contributed by atoms with Crippen molar-refractivity contribution in [1.82, 2.24) is 5.32 Å². The number of amides is 2. The molecule has 2 amide bonds. The van der Waals surface area contributed by atoms with E-state index in [1.165, 1.54) is 0 Å². The van der Waals surface area contributed by atoms with Gasteiger partial charge in [-0.2, -0.15) is 0 Å². The fourth-order valence-corrected chi connectivity index (χ4v) is 3.24. The molecule has 2 aromatic rings. The molecule has 0 aromatic heterocycles. The molecule has 7 heteroatoms. The Labute approximate surface area is 175 Å². The number of fused-ring (bicyclic) bond motifs is 1. The van der Waals surface area contributed by atoms with Crippen LogP contribution in [0.2, 0.25) is 5.02 Å². The van der Waals surface area contributed by atoms with E-state index in [9.17, 15) is 9.59 Å². The van der Waals surface area contributed by atoms with Crippen molar-refractivity contribution in [3.05, 3.63) is 52.5 Å². The van der Waals surface area contributed by atoms with Gasteiger partial charge in [0.2, 0.25) is 5.91 Å². The number of carbonyl (C=O) groups is 2. The predicted molar refractivity (Wildman–Crippen MR) is 113 cm³/mol. The second kappa shape index (κ2) is 9.18. The van der Waals surface area contributed by atoms with E-state index in [0.29, 0.717) is 41.0 Å². The Balaban J connectivity index is 1.76. The monoisotopic (exact) mass is 416 g/mol. The van der Waals surface area contributed by atoms with Crippen molar-refractivity contribution in [2.45, 2.75) is 33.2 Å². The molecule has 3 rings (SSSR count). The topological polar surface area (TPSA) is 76.7 Å². The van der Waals surface area contributed by atoms with Gasteiger partial charge in [0.1, 0.15) is 6.04 Å². The highest BCUT2D eigenvalue weighted by atomic mass is 35.5. The Morgan fingerprint density at radius 2 is 1.76 bits per heavy atom. The molecule has 0 fully saturated rings. The molecule has 6 nitrogen and oxygen atoms in total. The van der Waals surface area contributed by atoms with Gasteiger partial charge in [0.15, 0.2) is 11.5 Å². The SMILES string of the molecule is Cc1cccc(C(=O)N[C@H](C(=O)Nc2cc3c(cc2Cl)OCCCO3)C(C)C)c1. The summed E-state index contributed by atoms with van der Waals surface area (Å²) in [4.78, 5) is 25.5. The molecule has 2 N–H and O–H groups in total. The van der Waals surface area contributed by atoms with Crippen LogP contribution in [0, 0.1) is 12.8 Å². The van der Waals surface area contributed by atoms with Crippen LogP contribution in [0.15, 0.2) is 36.4 Å². The Bertz CT molecular complexity index is 914. The van der Waals surface area contributed by atoms with E-state index in [1.54, 1.807) is 24.3 Å². The van der Waals surface area contributed by atoms with Crippen molar-refractivity contribution in [3.63, 3.8) is 0 Å². The van der Waals surface area contributed by atoms with Crippen LogP contribution in [0.3, 0.4) is 0 Å². The number of halogens is 1. The van der Waals surface area contributed by atoms with Crippen LogP contribution in [-0.2, 0) is 4.79 Å². The number of carbonyl (C=O) groups excluding carboxylic acids is 2. The minimum atomic E-state index is -0.727. The highest BCUT2D eigenvalue weighted by molar-refractivity contribution is 6.34. The first-order valence-electron chi connectivity index (χ1n) is 9.62. The molecule has 0 aliphatic carbocycles. The van der Waals surface area contributed by atoms with Crippen molar-refractivity contribution >= 4 is 29.1 Å². The van der Waals surface area contributed by atoms with Gasteiger partial charge in [-0.15, -0.1) is 0 Å². The molecule has 1 heterocycles. The average Bonchev–Trinajstić information content (AvgIpc) is 2.90. The zero-order chi connectivity index (χ0) is 21.0. The van der Waals surface area contributed by atoms with E-state index in [-0.39, 0.29) is 17.7 Å². The highest BCUT2D eigenvalue weighted by Crippen LogP contribution is 2.37. The summed E-state index contributed by atoms with van der Waals surface area (Å²) in [6, 6.07) is 9.79. The van der Waals surface area contributed by atoms with Crippen molar-refractivity contribution in [1.29, 1.82) is 0 Å². The Morgan fingerprint density at radius 1 is 1.07 bits per heavy atom. The maximum absolute atomic E-state index is 12.9. The third-order valence-corrected chi connectivity index (χ3v) is 4.92. The van der Waals surface area contributed by atoms with Gasteiger partial charge >= 0.3 is 0 Å². The summed E-state index contributed by atoms with van der Waals surface area (Å²) in [7, 11) is 0. The van der Waals surface area contributed by atoms with Gasteiger partial charge in [-0.25, -0.2) is 0 Å². The first-order chi connectivity index (χ1) is 13.8. The Hall–Kier alpha value is -2.73. The summed E-state index contributed by atoms with van der Waals surface area (Å²) < 4.78 is 11.3. The van der Waals surface area contributed by atoms with E-state index < -0.39 is 6.04 Å². The van der Waals surface area contributed by atoms with Crippen molar-refractivity contribution in [2.24, 2.45) is 5.92 Å². The molecule has 0 saturated heterocycles. The maximum atomic E-state index is 12.9. The van der Waals surface area contributed by atoms with Gasteiger partial charge in [-0.05, 0) is 25.0 Å². The number of anilines is 1. The van der Waals surface area contributed by atoms with Gasteiger partial charge in [0, 0.05) is 24.1 Å². The van der Waals surface area contributed by atoms with Crippen molar-refractivity contribution < 1.29 is 19.1 Å². The van der Waals surface area contributed by atoms with Crippen LogP contribution in [0.1, 0.15) is 36.2 Å². The molecule has 2 aromatic carbocycles. The quantitative estimate of drug-likeness (QED) is 0.765. The minimum Gasteiger partial charge on any atom is -0.490 e. The van der Waals surface area contributed by atoms with Crippen LogP contribution < -0.4 is 20.1 Å². The predicted octanol–water partition coefficient (Wildman–Crippen LogP) is 4.20. The van der Waals surface area contributed by atoms with Gasteiger partial charge in [-0.3, -0.25) is 9.59 Å². The molecular formula is C22H25ClN2O4. The first kappa shape index (κ1) is 21.0. The molecule has 0 unspecified atom stereocenters. The molecule has 0 radical (unpaired) electrons. The lowest BCUT2D eigenvalue weighted by Crippen LogP contribution is -2.47. The summed E-state index contributed by atoms with van der Waals surface area (Å²) >= 11 is 6.32. The van der Waals surface area contributed by atoms with E-state index in [2.05, 4.69) is 10.6 Å². The molecule has 1 atom stereocenters. The Kier molecular flexibility index (Phi) is 6.64. The van der Waals surface area contributed by atoms with Crippen LogP contribution in [0.4, 0.5) is 5.69 Å². The third kappa shape index (κ3) is 5.21. The number of benzene rings is 2. The molecule has 1 aliphatic rings. The minimum absolute atomic E-state index is 0.122. The van der Waals surface area contributed by atoms with Crippen LogP contribution in [0.5, 0.6) is 11.5 Å². The normalized spacial score (nSPS) is 14.1. The zero-order valence-corrected chi connectivity index (χ0v) is 17.5. The molecule has 154 valence electrons. The number of aryl methyl sites for hydroxylation is 1. The number of hydrogen-bond donors (Lipinski definition) is 2. The molecule has 29 heavy (non-hydrogen) atoms. The first-order valence-corrected chi connectivity index (χ1v) is 10.0. The summed E-state index contributed by atoms with van der Waals surface area (Å²) in [6.45, 7) is 6.74. The van der Waals surface area contributed by atoms with Gasteiger partial charge < -0.3 is 20.1 Å². The van der Waals surface area contributed by atoms with Gasteiger partial charge in [0.05, 0.1) is 23.9 Å². The second-order valence-electron chi connectivity index (χ2n) is 7.38. The molecule has 0 bridgehead atoms. The van der Waals surface area contributed by atoms with Crippen molar-refractivity contribution in [3.8, 4) is 11.5 Å². The molecular weight excluding hydrogens is 392 g/mol. The lowest BCUT2D eigenvalue weighted by molar-refractivity contribution is -0.118. The molecule has 0 saturated carbocycles. The summed E-state index contributed by atoms with van der Waals surface area (Å²) in [5.41, 5.74) is 1.90. The fourth-order valence-electron chi connectivity index (χ4n) is 3.04. The molecule has 1 aliphatic heterocycles. The van der Waals surface area contributed by atoms with E-state index >= 15 is 0 Å². The smallest absolute Gasteiger partial charge is 0.251 e. The largest absolute Gasteiger partial charge is 0.490 e. The standard InChI is InChI=1S/C22H25ClN2O4/c1-13(2)20(25-21(26)15-7-4-6-14(3)10-15)22(27)24-17-12-19-18(11-16(17)23)28-8-5-9-29-19/h4,6-7,10-13,20H,5,8-9H2,1-3H3,(H,24,27)(H,25,26)/t20-/m0/s1. The summed E-state index contributed by atoms with van der Waals surface area (Å²) in [6.07, 6.45) is 0.772. The highest BCUT2D eigenvalue weighted by Gasteiger charge is 2.26. The lowest BCUT2D eigenvalue weighted by Gasteiger charge is -2.22. The van der Waals surface area contributed by atoms with E-state index in [1.807, 2.05) is 32.9 Å². The number of rotatable bonds is 5. The lowest BCUT2D eigenvalue weighted by atomic mass is 10.0. The summed E-state index contributed by atoms with van der Waals surface area (Å²) in [5.74, 6) is 0.318. The second-order valence-corrected chi connectivity index (χ2v) is 7.79. The number of nitrogens with one attached hydrogen (secondary N) is 2. The number of ether oxygens (including phenoxy) is 2. The van der Waals surface area contributed by atoms with E-state index in [4.69, 9.17) is 21.1 Å². The van der Waals surface area contributed by atoms with Crippen LogP contribution >= 0.6 is 11.6 Å². The average molecular weight is 417 g/mol. The van der Waals surface area contributed by atoms with Crippen molar-refractivity contribution in [2.75, 3.05) is 18.5 Å².